The van der Waals surface area contributed by atoms with E-state index in [2.05, 4.69) is 0 Å². The smallest absolute Gasteiger partial charge is 0.345 e. The summed E-state index contributed by atoms with van der Waals surface area (Å²) >= 11 is 0. The first-order valence-electron chi connectivity index (χ1n) is 7.07. The molecule has 0 aromatic heterocycles. The van der Waals surface area contributed by atoms with Crippen LogP contribution in [0.25, 0.3) is 0 Å². The standard InChI is InChI=1S/C15H23O5P/c1-5-14(16)15(21(17,19-6-2)20-7-3)12-8-10-13(18-4)11-9-12/h8-11,15H,5-7H2,1-4H3. The van der Waals surface area contributed by atoms with Crippen molar-refractivity contribution >= 4 is 13.4 Å². The second kappa shape index (κ2) is 8.32. The molecular formula is C15H23O5P. The summed E-state index contributed by atoms with van der Waals surface area (Å²) in [7, 11) is -1.97. The zero-order valence-corrected chi connectivity index (χ0v) is 13.9. The van der Waals surface area contributed by atoms with Gasteiger partial charge in [0, 0.05) is 6.42 Å². The van der Waals surface area contributed by atoms with Crippen LogP contribution < -0.4 is 4.74 Å². The molecular weight excluding hydrogens is 291 g/mol. The van der Waals surface area contributed by atoms with Gasteiger partial charge in [-0.25, -0.2) is 0 Å². The lowest BCUT2D eigenvalue weighted by Crippen LogP contribution is -2.15. The molecule has 118 valence electrons. The number of rotatable bonds is 9. The molecule has 0 amide bonds. The van der Waals surface area contributed by atoms with E-state index in [1.54, 1.807) is 52.1 Å². The highest BCUT2D eigenvalue weighted by Crippen LogP contribution is 2.61. The van der Waals surface area contributed by atoms with Crippen molar-refractivity contribution in [2.75, 3.05) is 20.3 Å². The lowest BCUT2D eigenvalue weighted by molar-refractivity contribution is -0.118. The molecule has 0 heterocycles. The van der Waals surface area contributed by atoms with Crippen LogP contribution >= 0.6 is 7.60 Å². The summed E-state index contributed by atoms with van der Waals surface area (Å²) in [5.41, 5.74) is -0.277. The van der Waals surface area contributed by atoms with Gasteiger partial charge in [0.1, 0.15) is 11.4 Å². The number of hydrogen-bond donors (Lipinski definition) is 0. The van der Waals surface area contributed by atoms with Crippen molar-refractivity contribution in [3.05, 3.63) is 29.8 Å². The number of ketones is 1. The van der Waals surface area contributed by atoms with E-state index in [1.807, 2.05) is 0 Å². The van der Waals surface area contributed by atoms with Gasteiger partial charge in [0.2, 0.25) is 0 Å². The summed E-state index contributed by atoms with van der Waals surface area (Å²) in [6.45, 7) is 5.64. The molecule has 0 saturated heterocycles. The van der Waals surface area contributed by atoms with Gasteiger partial charge in [-0.15, -0.1) is 0 Å². The Morgan fingerprint density at radius 2 is 1.62 bits per heavy atom. The molecule has 0 bridgehead atoms. The number of ether oxygens (including phenoxy) is 1. The Balaban J connectivity index is 3.25. The van der Waals surface area contributed by atoms with Crippen LogP contribution in [-0.2, 0) is 18.4 Å². The molecule has 0 aliphatic heterocycles. The Bertz CT molecular complexity index is 487. The SMILES string of the molecule is CCOP(=O)(OCC)C(C(=O)CC)c1ccc(OC)cc1. The molecule has 0 N–H and O–H groups in total. The fraction of sp³-hybridized carbons (Fsp3) is 0.533. The lowest BCUT2D eigenvalue weighted by Gasteiger charge is -2.25. The van der Waals surface area contributed by atoms with Gasteiger partial charge in [0.05, 0.1) is 20.3 Å². The Kier molecular flexibility index (Phi) is 7.09. The average Bonchev–Trinajstić information content (AvgIpc) is 2.48. The van der Waals surface area contributed by atoms with E-state index in [0.717, 1.165) is 0 Å². The van der Waals surface area contributed by atoms with Crippen molar-refractivity contribution < 1.29 is 23.1 Å². The third-order valence-corrected chi connectivity index (χ3v) is 5.47. The maximum Gasteiger partial charge on any atom is 0.345 e. The van der Waals surface area contributed by atoms with Crippen LogP contribution in [0.4, 0.5) is 0 Å². The molecule has 1 atom stereocenters. The third-order valence-electron chi connectivity index (χ3n) is 3.02. The van der Waals surface area contributed by atoms with Gasteiger partial charge in [-0.1, -0.05) is 19.1 Å². The molecule has 1 unspecified atom stereocenters. The second-order valence-corrected chi connectivity index (χ2v) is 6.48. The Hall–Kier alpha value is -1.16. The highest BCUT2D eigenvalue weighted by molar-refractivity contribution is 7.55. The summed E-state index contributed by atoms with van der Waals surface area (Å²) in [4.78, 5) is 12.3. The first-order valence-corrected chi connectivity index (χ1v) is 8.69. The molecule has 1 aromatic carbocycles. The van der Waals surface area contributed by atoms with Crippen LogP contribution in [0, 0.1) is 0 Å². The molecule has 0 aliphatic rings. The minimum absolute atomic E-state index is 0.162. The summed E-state index contributed by atoms with van der Waals surface area (Å²) < 4.78 is 28.8. The zero-order valence-electron chi connectivity index (χ0n) is 13.0. The number of benzene rings is 1. The van der Waals surface area contributed by atoms with Gasteiger partial charge in [-0.2, -0.15) is 0 Å². The zero-order chi connectivity index (χ0) is 15.9. The first kappa shape index (κ1) is 17.9. The normalized spacial score (nSPS) is 13.0. The Morgan fingerprint density at radius 1 is 1.10 bits per heavy atom. The van der Waals surface area contributed by atoms with Gasteiger partial charge in [-0.05, 0) is 31.5 Å². The maximum absolute atomic E-state index is 13.0. The number of Topliss-reactive ketones (excluding diaryl/α,β-unsaturated/α-hetero) is 1. The fourth-order valence-corrected chi connectivity index (χ4v) is 4.24. The average molecular weight is 314 g/mol. The van der Waals surface area contributed by atoms with Crippen molar-refractivity contribution in [2.24, 2.45) is 0 Å². The Morgan fingerprint density at radius 3 is 2.00 bits per heavy atom. The molecule has 0 spiro atoms. The van der Waals surface area contributed by atoms with Crippen LogP contribution in [0.1, 0.15) is 38.4 Å². The van der Waals surface area contributed by atoms with E-state index in [1.165, 1.54) is 0 Å². The van der Waals surface area contributed by atoms with Crippen molar-refractivity contribution in [1.82, 2.24) is 0 Å². The summed E-state index contributed by atoms with van der Waals surface area (Å²) in [6, 6.07) is 6.91. The molecule has 0 fully saturated rings. The van der Waals surface area contributed by atoms with Crippen LogP contribution in [-0.4, -0.2) is 26.1 Å². The van der Waals surface area contributed by atoms with Crippen LogP contribution in [0.2, 0.25) is 0 Å². The molecule has 21 heavy (non-hydrogen) atoms. The molecule has 1 rings (SSSR count). The third kappa shape index (κ3) is 4.40. The number of methoxy groups -OCH3 is 1. The topological polar surface area (TPSA) is 61.8 Å². The summed E-state index contributed by atoms with van der Waals surface area (Å²) in [6.07, 6.45) is 0.265. The predicted octanol–water partition coefficient (Wildman–Crippen LogP) is 3.98. The number of carbonyl (C=O) groups is 1. The molecule has 0 radical (unpaired) electrons. The van der Waals surface area contributed by atoms with Gasteiger partial charge >= 0.3 is 7.60 Å². The maximum atomic E-state index is 13.0. The molecule has 1 aromatic rings. The minimum atomic E-state index is -3.54. The monoisotopic (exact) mass is 314 g/mol. The summed E-state index contributed by atoms with van der Waals surface area (Å²) in [5, 5.41) is 0. The fourth-order valence-electron chi connectivity index (χ4n) is 2.07. The molecule has 5 nitrogen and oxygen atoms in total. The van der Waals surface area contributed by atoms with Crippen LogP contribution in [0.3, 0.4) is 0 Å². The largest absolute Gasteiger partial charge is 0.497 e. The van der Waals surface area contributed by atoms with Crippen LogP contribution in [0.15, 0.2) is 24.3 Å². The van der Waals surface area contributed by atoms with Crippen molar-refractivity contribution in [3.8, 4) is 5.75 Å². The second-order valence-electron chi connectivity index (χ2n) is 4.37. The van der Waals surface area contributed by atoms with E-state index < -0.39 is 13.3 Å². The van der Waals surface area contributed by atoms with Gasteiger partial charge in [0.15, 0.2) is 5.78 Å². The van der Waals surface area contributed by atoms with Gasteiger partial charge < -0.3 is 13.8 Å². The van der Waals surface area contributed by atoms with Gasteiger partial charge in [-0.3, -0.25) is 9.36 Å². The van der Waals surface area contributed by atoms with E-state index in [9.17, 15) is 9.36 Å². The van der Waals surface area contributed by atoms with E-state index in [-0.39, 0.29) is 25.4 Å². The molecule has 0 saturated carbocycles. The van der Waals surface area contributed by atoms with Gasteiger partial charge in [0.25, 0.3) is 0 Å². The predicted molar refractivity (Wildman–Crippen MR) is 81.9 cm³/mol. The highest BCUT2D eigenvalue weighted by Gasteiger charge is 2.41. The highest BCUT2D eigenvalue weighted by atomic mass is 31.2. The summed E-state index contributed by atoms with van der Waals surface area (Å²) in [5.74, 6) is 0.509. The number of carbonyl (C=O) groups excluding carboxylic acids is 1. The van der Waals surface area contributed by atoms with Crippen LogP contribution in [0.5, 0.6) is 5.75 Å². The quantitative estimate of drug-likeness (QED) is 0.645. The van der Waals surface area contributed by atoms with Crippen molar-refractivity contribution in [1.29, 1.82) is 0 Å². The first-order chi connectivity index (χ1) is 10.0. The number of hydrogen-bond acceptors (Lipinski definition) is 5. The molecule has 6 heteroatoms. The van der Waals surface area contributed by atoms with E-state index in [4.69, 9.17) is 13.8 Å². The Labute approximate surface area is 126 Å². The molecule has 0 aliphatic carbocycles. The van der Waals surface area contributed by atoms with E-state index >= 15 is 0 Å². The lowest BCUT2D eigenvalue weighted by atomic mass is 10.1. The van der Waals surface area contributed by atoms with Crippen molar-refractivity contribution in [2.45, 2.75) is 32.9 Å². The minimum Gasteiger partial charge on any atom is -0.497 e. The van der Waals surface area contributed by atoms with Crippen molar-refractivity contribution in [3.63, 3.8) is 0 Å². The van der Waals surface area contributed by atoms with E-state index in [0.29, 0.717) is 11.3 Å².